The van der Waals surface area contributed by atoms with Gasteiger partial charge >= 0.3 is 0 Å². The van der Waals surface area contributed by atoms with Crippen LogP contribution in [0.1, 0.15) is 17.0 Å². The number of nitrogens with zero attached hydrogens (tertiary/aromatic N) is 1. The van der Waals surface area contributed by atoms with Gasteiger partial charge < -0.3 is 14.8 Å². The Balaban J connectivity index is 2.49. The molecule has 1 aromatic carbocycles. The molecule has 0 bridgehead atoms. The lowest BCUT2D eigenvalue weighted by Gasteiger charge is -2.11. The summed E-state index contributed by atoms with van der Waals surface area (Å²) in [5.41, 5.74) is 4.26. The minimum atomic E-state index is -0.0752. The number of aliphatic hydroxyl groups is 1. The van der Waals surface area contributed by atoms with Gasteiger partial charge in [0.15, 0.2) is 0 Å². The molecule has 4 heteroatoms. The Hall–Kier alpha value is -1.81. The maximum Gasteiger partial charge on any atom is 0.132 e. The largest absolute Gasteiger partial charge is 0.496 e. The lowest BCUT2D eigenvalue weighted by atomic mass is 10.0. The van der Waals surface area contributed by atoms with Crippen molar-refractivity contribution in [1.29, 1.82) is 0 Å². The molecule has 0 amide bonds. The third-order valence-electron chi connectivity index (χ3n) is 3.03. The van der Waals surface area contributed by atoms with E-state index in [9.17, 15) is 0 Å². The second-order valence-corrected chi connectivity index (χ2v) is 3.97. The van der Waals surface area contributed by atoms with E-state index < -0.39 is 0 Å². The van der Waals surface area contributed by atoms with Crippen LogP contribution in [-0.2, 0) is 6.61 Å². The number of rotatable bonds is 3. The van der Waals surface area contributed by atoms with Crippen molar-refractivity contribution in [2.75, 3.05) is 7.11 Å². The van der Waals surface area contributed by atoms with Crippen molar-refractivity contribution in [3.05, 3.63) is 35.3 Å². The van der Waals surface area contributed by atoms with Crippen molar-refractivity contribution in [2.45, 2.75) is 20.5 Å². The Morgan fingerprint density at radius 2 is 2.06 bits per heavy atom. The molecule has 2 aromatic rings. The van der Waals surface area contributed by atoms with Crippen molar-refractivity contribution in [1.82, 2.24) is 9.97 Å². The molecule has 2 N–H and O–H groups in total. The third kappa shape index (κ3) is 2.03. The topological polar surface area (TPSA) is 58.1 Å². The molecule has 2 rings (SSSR count). The van der Waals surface area contributed by atoms with Crippen molar-refractivity contribution in [3.63, 3.8) is 0 Å². The average Bonchev–Trinajstić information content (AvgIpc) is 2.81. The Labute approximate surface area is 100 Å². The van der Waals surface area contributed by atoms with Crippen LogP contribution in [0.25, 0.3) is 11.3 Å². The van der Waals surface area contributed by atoms with Crippen LogP contribution >= 0.6 is 0 Å². The van der Waals surface area contributed by atoms with Crippen LogP contribution in [0.4, 0.5) is 0 Å². The van der Waals surface area contributed by atoms with E-state index >= 15 is 0 Å². The van der Waals surface area contributed by atoms with E-state index in [4.69, 9.17) is 9.84 Å². The monoisotopic (exact) mass is 232 g/mol. The molecule has 0 spiro atoms. The molecular formula is C13H16N2O2. The first-order valence-corrected chi connectivity index (χ1v) is 5.46. The summed E-state index contributed by atoms with van der Waals surface area (Å²) in [6.07, 6.45) is 1.74. The molecule has 0 atom stereocenters. The highest BCUT2D eigenvalue weighted by molar-refractivity contribution is 5.66. The second kappa shape index (κ2) is 4.59. The number of imidazole rings is 1. The standard InChI is InChI=1S/C13H16N2O2/c1-8-9(2)12(17-3)5-4-10(8)11-6-14-13(7-16)15-11/h4-6,16H,7H2,1-3H3,(H,14,15). The van der Waals surface area contributed by atoms with Gasteiger partial charge in [-0.3, -0.25) is 0 Å². The van der Waals surface area contributed by atoms with Crippen molar-refractivity contribution < 1.29 is 9.84 Å². The lowest BCUT2D eigenvalue weighted by molar-refractivity contribution is 0.272. The lowest BCUT2D eigenvalue weighted by Crippen LogP contribution is -1.93. The summed E-state index contributed by atoms with van der Waals surface area (Å²) in [6, 6.07) is 3.94. The van der Waals surface area contributed by atoms with E-state index in [2.05, 4.69) is 9.97 Å². The normalized spacial score (nSPS) is 10.6. The fourth-order valence-electron chi connectivity index (χ4n) is 1.89. The van der Waals surface area contributed by atoms with Gasteiger partial charge in [0, 0.05) is 5.56 Å². The van der Waals surface area contributed by atoms with E-state index in [1.165, 1.54) is 0 Å². The molecule has 4 nitrogen and oxygen atoms in total. The first-order valence-electron chi connectivity index (χ1n) is 5.46. The summed E-state index contributed by atoms with van der Waals surface area (Å²) in [4.78, 5) is 7.17. The zero-order valence-electron chi connectivity index (χ0n) is 10.2. The van der Waals surface area contributed by atoms with Crippen LogP contribution in [0, 0.1) is 13.8 Å². The SMILES string of the molecule is COc1ccc(-c2cnc(CO)[nH]2)c(C)c1C. The Kier molecular flexibility index (Phi) is 3.15. The molecule has 0 aliphatic heterocycles. The van der Waals surface area contributed by atoms with Gasteiger partial charge in [0.2, 0.25) is 0 Å². The highest BCUT2D eigenvalue weighted by Gasteiger charge is 2.10. The number of hydrogen-bond donors (Lipinski definition) is 2. The first kappa shape index (κ1) is 11.7. The molecule has 1 aromatic heterocycles. The van der Waals surface area contributed by atoms with E-state index in [0.717, 1.165) is 28.1 Å². The molecule has 0 radical (unpaired) electrons. The number of nitrogens with one attached hydrogen (secondary N) is 1. The summed E-state index contributed by atoms with van der Waals surface area (Å²) in [6.45, 7) is 4.00. The summed E-state index contributed by atoms with van der Waals surface area (Å²) in [5, 5.41) is 8.99. The molecular weight excluding hydrogens is 216 g/mol. The summed E-state index contributed by atoms with van der Waals surface area (Å²) in [5.74, 6) is 1.46. The highest BCUT2D eigenvalue weighted by Crippen LogP contribution is 2.29. The second-order valence-electron chi connectivity index (χ2n) is 3.97. The fourth-order valence-corrected chi connectivity index (χ4v) is 1.89. The number of benzene rings is 1. The van der Waals surface area contributed by atoms with Crippen LogP contribution in [0.2, 0.25) is 0 Å². The molecule has 17 heavy (non-hydrogen) atoms. The Bertz CT molecular complexity index is 532. The van der Waals surface area contributed by atoms with E-state index in [0.29, 0.717) is 5.82 Å². The van der Waals surface area contributed by atoms with Gasteiger partial charge in [0.05, 0.1) is 19.0 Å². The number of hydrogen-bond acceptors (Lipinski definition) is 3. The molecule has 90 valence electrons. The minimum absolute atomic E-state index is 0.0752. The molecule has 0 saturated carbocycles. The van der Waals surface area contributed by atoms with Crippen LogP contribution in [0.15, 0.2) is 18.3 Å². The Morgan fingerprint density at radius 1 is 1.29 bits per heavy atom. The van der Waals surface area contributed by atoms with Crippen LogP contribution in [0.3, 0.4) is 0 Å². The number of aromatic amines is 1. The van der Waals surface area contributed by atoms with E-state index in [-0.39, 0.29) is 6.61 Å². The molecule has 1 heterocycles. The zero-order valence-corrected chi connectivity index (χ0v) is 10.2. The highest BCUT2D eigenvalue weighted by atomic mass is 16.5. The summed E-state index contributed by atoms with van der Waals surface area (Å²) < 4.78 is 5.28. The van der Waals surface area contributed by atoms with Crippen LogP contribution in [-0.4, -0.2) is 22.2 Å². The van der Waals surface area contributed by atoms with E-state index in [1.54, 1.807) is 13.3 Å². The van der Waals surface area contributed by atoms with Gasteiger partial charge in [-0.15, -0.1) is 0 Å². The van der Waals surface area contributed by atoms with Gasteiger partial charge in [-0.2, -0.15) is 0 Å². The third-order valence-corrected chi connectivity index (χ3v) is 3.03. The van der Waals surface area contributed by atoms with Crippen molar-refractivity contribution in [2.24, 2.45) is 0 Å². The van der Waals surface area contributed by atoms with Crippen molar-refractivity contribution in [3.8, 4) is 17.0 Å². The number of H-pyrrole nitrogens is 1. The molecule has 0 aliphatic rings. The van der Waals surface area contributed by atoms with Crippen molar-refractivity contribution >= 4 is 0 Å². The summed E-state index contributed by atoms with van der Waals surface area (Å²) in [7, 11) is 1.67. The van der Waals surface area contributed by atoms with Crippen LogP contribution in [0.5, 0.6) is 5.75 Å². The maximum atomic E-state index is 8.99. The summed E-state index contributed by atoms with van der Waals surface area (Å²) >= 11 is 0. The first-order chi connectivity index (χ1) is 8.17. The number of ether oxygens (including phenoxy) is 1. The van der Waals surface area contributed by atoms with Gasteiger partial charge in [-0.25, -0.2) is 4.98 Å². The molecule has 0 aliphatic carbocycles. The minimum Gasteiger partial charge on any atom is -0.496 e. The van der Waals surface area contributed by atoms with Gasteiger partial charge in [-0.05, 0) is 37.1 Å². The number of methoxy groups -OCH3 is 1. The van der Waals surface area contributed by atoms with Gasteiger partial charge in [0.25, 0.3) is 0 Å². The average molecular weight is 232 g/mol. The quantitative estimate of drug-likeness (QED) is 0.852. The number of aliphatic hydroxyl groups excluding tert-OH is 1. The van der Waals surface area contributed by atoms with Gasteiger partial charge in [0.1, 0.15) is 18.2 Å². The maximum absolute atomic E-state index is 8.99. The van der Waals surface area contributed by atoms with E-state index in [1.807, 2.05) is 26.0 Å². The predicted octanol–water partition coefficient (Wildman–Crippen LogP) is 2.19. The van der Waals surface area contributed by atoms with Crippen LogP contribution < -0.4 is 4.74 Å². The Morgan fingerprint density at radius 3 is 2.65 bits per heavy atom. The fraction of sp³-hybridized carbons (Fsp3) is 0.308. The predicted molar refractivity (Wildman–Crippen MR) is 66.0 cm³/mol. The molecule has 0 unspecified atom stereocenters. The van der Waals surface area contributed by atoms with Gasteiger partial charge in [-0.1, -0.05) is 0 Å². The molecule has 0 fully saturated rings. The number of aromatic nitrogens is 2. The smallest absolute Gasteiger partial charge is 0.132 e. The zero-order chi connectivity index (χ0) is 12.4. The molecule has 0 saturated heterocycles.